The van der Waals surface area contributed by atoms with Crippen LogP contribution in [0.1, 0.15) is 13.3 Å². The summed E-state index contributed by atoms with van der Waals surface area (Å²) in [5.74, 6) is 0.845. The number of thioether (sulfide) groups is 1. The summed E-state index contributed by atoms with van der Waals surface area (Å²) in [5, 5.41) is 16.8. The molecule has 0 saturated heterocycles. The van der Waals surface area contributed by atoms with Crippen LogP contribution in [0.5, 0.6) is 0 Å². The van der Waals surface area contributed by atoms with E-state index in [0.29, 0.717) is 0 Å². The summed E-state index contributed by atoms with van der Waals surface area (Å²) < 4.78 is 1.73. The lowest BCUT2D eigenvalue weighted by Gasteiger charge is -2.19. The Labute approximate surface area is 93.9 Å². The minimum atomic E-state index is -0.453. The minimum Gasteiger partial charge on any atom is -0.303 e. The number of aryl methyl sites for hydroxylation is 1. The zero-order valence-electron chi connectivity index (χ0n) is 9.19. The van der Waals surface area contributed by atoms with Crippen LogP contribution in [0.15, 0.2) is 11.5 Å². The van der Waals surface area contributed by atoms with Gasteiger partial charge in [-0.2, -0.15) is 10.4 Å². The fourth-order valence-electron chi connectivity index (χ4n) is 1.000. The number of nitriles is 1. The third-order valence-electron chi connectivity index (χ3n) is 2.30. The van der Waals surface area contributed by atoms with Crippen LogP contribution in [0.2, 0.25) is 0 Å². The highest BCUT2D eigenvalue weighted by Crippen LogP contribution is 2.18. The van der Waals surface area contributed by atoms with E-state index in [0.717, 1.165) is 17.3 Å². The molecule has 0 spiro atoms. The molecular weight excluding hydrogens is 210 g/mol. The predicted molar refractivity (Wildman–Crippen MR) is 59.4 cm³/mol. The number of hydrogen-bond acceptors (Lipinski definition) is 5. The van der Waals surface area contributed by atoms with Gasteiger partial charge in [0.05, 0.1) is 6.07 Å². The Morgan fingerprint density at radius 2 is 2.47 bits per heavy atom. The fraction of sp³-hybridized carbons (Fsp3) is 0.667. The van der Waals surface area contributed by atoms with Gasteiger partial charge in [0.2, 0.25) is 0 Å². The van der Waals surface area contributed by atoms with Crippen molar-refractivity contribution in [3.8, 4) is 6.07 Å². The first kappa shape index (κ1) is 12.0. The highest BCUT2D eigenvalue weighted by atomic mass is 32.2. The lowest BCUT2D eigenvalue weighted by Crippen LogP contribution is -2.38. The topological polar surface area (TPSA) is 66.5 Å². The minimum absolute atomic E-state index is 0.453. The summed E-state index contributed by atoms with van der Waals surface area (Å²) in [6.07, 6.45) is 2.31. The monoisotopic (exact) mass is 225 g/mol. The number of rotatable bonds is 5. The molecule has 82 valence electrons. The summed E-state index contributed by atoms with van der Waals surface area (Å²) >= 11 is 1.61. The summed E-state index contributed by atoms with van der Waals surface area (Å²) in [5.41, 5.74) is -0.453. The second kappa shape index (κ2) is 5.14. The van der Waals surface area contributed by atoms with E-state index in [2.05, 4.69) is 21.5 Å². The number of nitrogens with one attached hydrogen (secondary N) is 1. The van der Waals surface area contributed by atoms with Crippen LogP contribution in [-0.4, -0.2) is 33.1 Å². The van der Waals surface area contributed by atoms with Gasteiger partial charge in [0, 0.05) is 12.8 Å². The molecule has 0 radical (unpaired) electrons. The molecule has 0 saturated carbocycles. The van der Waals surface area contributed by atoms with Crippen molar-refractivity contribution >= 4 is 11.8 Å². The third-order valence-corrected chi connectivity index (χ3v) is 3.34. The van der Waals surface area contributed by atoms with Crippen LogP contribution < -0.4 is 5.32 Å². The van der Waals surface area contributed by atoms with E-state index in [-0.39, 0.29) is 0 Å². The second-order valence-corrected chi connectivity index (χ2v) is 4.52. The summed E-state index contributed by atoms with van der Waals surface area (Å²) in [6, 6.07) is 2.26. The molecule has 1 aromatic rings. The molecule has 1 N–H and O–H groups in total. The van der Waals surface area contributed by atoms with Crippen molar-refractivity contribution in [1.82, 2.24) is 20.1 Å². The largest absolute Gasteiger partial charge is 0.303 e. The average molecular weight is 225 g/mol. The van der Waals surface area contributed by atoms with Crippen molar-refractivity contribution in [2.24, 2.45) is 7.05 Å². The summed E-state index contributed by atoms with van der Waals surface area (Å²) in [6.45, 7) is 1.89. The van der Waals surface area contributed by atoms with Gasteiger partial charge >= 0.3 is 0 Å². The van der Waals surface area contributed by atoms with Gasteiger partial charge < -0.3 is 5.32 Å². The Hall–Kier alpha value is -1.06. The Morgan fingerprint density at radius 1 is 1.73 bits per heavy atom. The zero-order valence-corrected chi connectivity index (χ0v) is 10.0. The molecule has 1 aromatic heterocycles. The predicted octanol–water partition coefficient (Wildman–Crippen LogP) is 0.799. The molecule has 15 heavy (non-hydrogen) atoms. The van der Waals surface area contributed by atoms with Crippen LogP contribution in [0.25, 0.3) is 0 Å². The molecule has 0 aromatic carbocycles. The zero-order chi connectivity index (χ0) is 11.3. The molecule has 0 fully saturated rings. The Morgan fingerprint density at radius 3 is 2.93 bits per heavy atom. The van der Waals surface area contributed by atoms with Crippen LogP contribution in [0.4, 0.5) is 0 Å². The van der Waals surface area contributed by atoms with E-state index in [1.165, 1.54) is 6.33 Å². The smallest absolute Gasteiger partial charge is 0.185 e. The highest BCUT2D eigenvalue weighted by Gasteiger charge is 2.20. The summed E-state index contributed by atoms with van der Waals surface area (Å²) in [7, 11) is 3.66. The molecule has 0 bridgehead atoms. The van der Waals surface area contributed by atoms with Crippen molar-refractivity contribution in [3.63, 3.8) is 0 Å². The van der Waals surface area contributed by atoms with E-state index in [9.17, 15) is 0 Å². The molecule has 0 amide bonds. The second-order valence-electron chi connectivity index (χ2n) is 3.46. The number of aromatic nitrogens is 3. The first-order valence-electron chi connectivity index (χ1n) is 4.68. The normalized spacial score (nSPS) is 14.5. The quantitative estimate of drug-likeness (QED) is 0.751. The lowest BCUT2D eigenvalue weighted by atomic mass is 10.0. The van der Waals surface area contributed by atoms with Gasteiger partial charge in [-0.25, -0.2) is 9.67 Å². The van der Waals surface area contributed by atoms with Crippen LogP contribution in [0.3, 0.4) is 0 Å². The fourth-order valence-corrected chi connectivity index (χ4v) is 2.05. The van der Waals surface area contributed by atoms with Crippen molar-refractivity contribution in [1.29, 1.82) is 5.26 Å². The van der Waals surface area contributed by atoms with Gasteiger partial charge in [-0.15, -0.1) is 0 Å². The van der Waals surface area contributed by atoms with Gasteiger partial charge in [0.25, 0.3) is 0 Å². The lowest BCUT2D eigenvalue weighted by molar-refractivity contribution is 0.479. The first-order chi connectivity index (χ1) is 7.11. The van der Waals surface area contributed by atoms with E-state index in [4.69, 9.17) is 5.26 Å². The van der Waals surface area contributed by atoms with Gasteiger partial charge in [0.1, 0.15) is 11.9 Å². The van der Waals surface area contributed by atoms with Crippen LogP contribution in [-0.2, 0) is 7.05 Å². The van der Waals surface area contributed by atoms with Crippen molar-refractivity contribution < 1.29 is 0 Å². The van der Waals surface area contributed by atoms with Crippen LogP contribution in [0, 0.1) is 11.3 Å². The Balaban J connectivity index is 2.40. The Kier molecular flexibility index (Phi) is 4.12. The van der Waals surface area contributed by atoms with Crippen molar-refractivity contribution in [3.05, 3.63) is 6.33 Å². The maximum atomic E-state index is 8.94. The number of hydrogen-bond donors (Lipinski definition) is 1. The molecule has 1 heterocycles. The maximum absolute atomic E-state index is 8.94. The van der Waals surface area contributed by atoms with E-state index >= 15 is 0 Å². The molecule has 1 atom stereocenters. The SMILES string of the molecule is CNC(C)(C#N)CCSc1ncnn1C. The molecule has 1 unspecified atom stereocenters. The van der Waals surface area contributed by atoms with Crippen LogP contribution >= 0.6 is 11.8 Å². The van der Waals surface area contributed by atoms with Gasteiger partial charge in [0.15, 0.2) is 5.16 Å². The molecule has 0 aliphatic heterocycles. The highest BCUT2D eigenvalue weighted by molar-refractivity contribution is 7.99. The number of nitrogens with zero attached hydrogens (tertiary/aromatic N) is 4. The molecular formula is C9H15N5S. The third kappa shape index (κ3) is 3.22. The molecule has 6 heteroatoms. The average Bonchev–Trinajstić information content (AvgIpc) is 2.64. The van der Waals surface area contributed by atoms with Gasteiger partial charge in [-0.05, 0) is 20.4 Å². The molecule has 0 aliphatic rings. The van der Waals surface area contributed by atoms with Gasteiger partial charge in [-0.3, -0.25) is 0 Å². The molecule has 5 nitrogen and oxygen atoms in total. The van der Waals surface area contributed by atoms with Crippen molar-refractivity contribution in [2.75, 3.05) is 12.8 Å². The maximum Gasteiger partial charge on any atom is 0.185 e. The standard InChI is InChI=1S/C9H15N5S/c1-9(6-10,11-2)4-5-15-8-12-7-13-14(8)3/h7,11H,4-5H2,1-3H3. The van der Waals surface area contributed by atoms with Gasteiger partial charge in [-0.1, -0.05) is 11.8 Å². The molecule has 1 rings (SSSR count). The first-order valence-corrected chi connectivity index (χ1v) is 5.67. The summed E-state index contributed by atoms with van der Waals surface area (Å²) in [4.78, 5) is 4.10. The van der Waals surface area contributed by atoms with E-state index in [1.54, 1.807) is 23.5 Å². The van der Waals surface area contributed by atoms with E-state index in [1.807, 2.05) is 14.0 Å². The van der Waals surface area contributed by atoms with E-state index < -0.39 is 5.54 Å². The molecule has 0 aliphatic carbocycles. The van der Waals surface area contributed by atoms with Crippen molar-refractivity contribution in [2.45, 2.75) is 24.0 Å². The Bertz CT molecular complexity index is 356.